The molecule has 1 heterocycles. The van der Waals surface area contributed by atoms with Gasteiger partial charge in [0, 0.05) is 6.54 Å². The van der Waals surface area contributed by atoms with E-state index in [1.54, 1.807) is 0 Å². The van der Waals surface area contributed by atoms with Crippen LogP contribution >= 0.6 is 0 Å². The molecule has 0 amide bonds. The van der Waals surface area contributed by atoms with Gasteiger partial charge in [0.2, 0.25) is 17.5 Å². The number of hydrogen-bond acceptors (Lipinski definition) is 5. The second kappa shape index (κ2) is 5.91. The van der Waals surface area contributed by atoms with Crippen molar-refractivity contribution in [3.63, 3.8) is 0 Å². The van der Waals surface area contributed by atoms with Gasteiger partial charge < -0.3 is 14.5 Å². The Hall–Kier alpha value is -2.48. The molecule has 0 aliphatic carbocycles. The van der Waals surface area contributed by atoms with E-state index in [9.17, 15) is 0 Å². The van der Waals surface area contributed by atoms with E-state index >= 15 is 0 Å². The fraction of sp³-hybridized carbons (Fsp3) is 0.286. The lowest BCUT2D eigenvalue weighted by Crippen LogP contribution is -1.96. The summed E-state index contributed by atoms with van der Waals surface area (Å²) in [5.41, 5.74) is 1.43. The largest absolute Gasteiger partial charge is 0.484 e. The summed E-state index contributed by atoms with van der Waals surface area (Å²) in [6.45, 7) is 4.80. The Morgan fingerprint density at radius 2 is 2.11 bits per heavy atom. The van der Waals surface area contributed by atoms with Crippen LogP contribution in [0.3, 0.4) is 0 Å². The molecule has 2 rings (SSSR count). The van der Waals surface area contributed by atoms with Gasteiger partial charge in [-0.15, -0.1) is 0 Å². The SMILES string of the molecule is CCNc1oc(COc2ccc(C)cc2)nc1C#N. The molecule has 0 aliphatic rings. The number of oxazole rings is 1. The van der Waals surface area contributed by atoms with Gasteiger partial charge in [-0.25, -0.2) is 0 Å². The van der Waals surface area contributed by atoms with Gasteiger partial charge >= 0.3 is 0 Å². The van der Waals surface area contributed by atoms with Crippen molar-refractivity contribution in [1.29, 1.82) is 5.26 Å². The highest BCUT2D eigenvalue weighted by atomic mass is 16.5. The average molecular weight is 257 g/mol. The Morgan fingerprint density at radius 1 is 1.37 bits per heavy atom. The highest BCUT2D eigenvalue weighted by Crippen LogP contribution is 2.18. The number of rotatable bonds is 5. The summed E-state index contributed by atoms with van der Waals surface area (Å²) in [6, 6.07) is 9.69. The maximum atomic E-state index is 8.92. The Bertz CT molecular complexity index is 582. The van der Waals surface area contributed by atoms with Crippen LogP contribution in [0.25, 0.3) is 0 Å². The summed E-state index contributed by atoms with van der Waals surface area (Å²) in [5, 5.41) is 11.9. The number of aromatic nitrogens is 1. The summed E-state index contributed by atoms with van der Waals surface area (Å²) in [6.07, 6.45) is 0. The lowest BCUT2D eigenvalue weighted by molar-refractivity contribution is 0.265. The third-order valence-corrected chi connectivity index (χ3v) is 2.50. The van der Waals surface area contributed by atoms with Gasteiger partial charge in [0.15, 0.2) is 6.61 Å². The molecule has 0 fully saturated rings. The normalized spacial score (nSPS) is 9.95. The first-order valence-corrected chi connectivity index (χ1v) is 6.06. The summed E-state index contributed by atoms with van der Waals surface area (Å²) in [7, 11) is 0. The minimum absolute atomic E-state index is 0.198. The highest BCUT2D eigenvalue weighted by molar-refractivity contribution is 5.45. The predicted molar refractivity (Wildman–Crippen MR) is 70.9 cm³/mol. The monoisotopic (exact) mass is 257 g/mol. The summed E-state index contributed by atoms with van der Waals surface area (Å²) in [4.78, 5) is 4.06. The molecule has 0 bridgehead atoms. The van der Waals surface area contributed by atoms with Crippen LogP contribution in [-0.2, 0) is 6.61 Å². The van der Waals surface area contributed by atoms with Gasteiger partial charge in [0.1, 0.15) is 11.8 Å². The first kappa shape index (κ1) is 13.0. The number of hydrogen-bond donors (Lipinski definition) is 1. The van der Waals surface area contributed by atoms with Crippen LogP contribution in [0.5, 0.6) is 5.75 Å². The topological polar surface area (TPSA) is 71.1 Å². The van der Waals surface area contributed by atoms with Crippen LogP contribution in [0.2, 0.25) is 0 Å². The number of anilines is 1. The van der Waals surface area contributed by atoms with Crippen molar-refractivity contribution >= 4 is 5.88 Å². The van der Waals surface area contributed by atoms with Gasteiger partial charge in [-0.1, -0.05) is 17.7 Å². The van der Waals surface area contributed by atoms with E-state index in [4.69, 9.17) is 14.4 Å². The average Bonchev–Trinajstić information content (AvgIpc) is 2.81. The molecular formula is C14H15N3O2. The van der Waals surface area contributed by atoms with Crippen molar-refractivity contribution in [1.82, 2.24) is 4.98 Å². The maximum absolute atomic E-state index is 8.92. The molecule has 0 saturated heterocycles. The van der Waals surface area contributed by atoms with E-state index in [0.29, 0.717) is 18.3 Å². The number of benzene rings is 1. The Kier molecular flexibility index (Phi) is 4.04. The fourth-order valence-electron chi connectivity index (χ4n) is 1.56. The minimum atomic E-state index is 0.198. The molecule has 1 N–H and O–H groups in total. The van der Waals surface area contributed by atoms with E-state index in [1.807, 2.05) is 44.2 Å². The molecule has 0 unspecified atom stereocenters. The fourth-order valence-corrected chi connectivity index (χ4v) is 1.56. The van der Waals surface area contributed by atoms with Crippen molar-refractivity contribution in [2.75, 3.05) is 11.9 Å². The Balaban J connectivity index is 2.03. The number of nitrogens with one attached hydrogen (secondary N) is 1. The standard InChI is InChI=1S/C14H15N3O2/c1-3-16-14-12(8-15)17-13(19-14)9-18-11-6-4-10(2)5-7-11/h4-7,16H,3,9H2,1-2H3. The summed E-state index contributed by atoms with van der Waals surface area (Å²) >= 11 is 0. The molecule has 0 atom stereocenters. The minimum Gasteiger partial charge on any atom is -0.484 e. The van der Waals surface area contributed by atoms with E-state index in [0.717, 1.165) is 5.75 Å². The lowest BCUT2D eigenvalue weighted by Gasteiger charge is -2.03. The first-order chi connectivity index (χ1) is 9.22. The molecule has 2 aromatic rings. The van der Waals surface area contributed by atoms with Gasteiger partial charge in [-0.2, -0.15) is 10.2 Å². The molecule has 98 valence electrons. The molecule has 1 aromatic heterocycles. The van der Waals surface area contributed by atoms with Gasteiger partial charge in [-0.05, 0) is 26.0 Å². The maximum Gasteiger partial charge on any atom is 0.236 e. The number of ether oxygens (including phenoxy) is 1. The van der Waals surface area contributed by atoms with Crippen LogP contribution in [0, 0.1) is 18.3 Å². The molecule has 0 aliphatic heterocycles. The quantitative estimate of drug-likeness (QED) is 0.891. The smallest absolute Gasteiger partial charge is 0.236 e. The molecule has 5 nitrogen and oxygen atoms in total. The molecule has 1 aromatic carbocycles. The van der Waals surface area contributed by atoms with E-state index in [2.05, 4.69) is 10.3 Å². The zero-order valence-electron chi connectivity index (χ0n) is 10.9. The second-order valence-corrected chi connectivity index (χ2v) is 4.03. The predicted octanol–water partition coefficient (Wildman–Crippen LogP) is 2.87. The number of nitrogens with zero attached hydrogens (tertiary/aromatic N) is 2. The Morgan fingerprint density at radius 3 is 2.74 bits per heavy atom. The first-order valence-electron chi connectivity index (χ1n) is 6.06. The van der Waals surface area contributed by atoms with Crippen molar-refractivity contribution in [3.05, 3.63) is 41.4 Å². The molecular weight excluding hydrogens is 242 g/mol. The van der Waals surface area contributed by atoms with E-state index in [1.165, 1.54) is 5.56 Å². The van der Waals surface area contributed by atoms with Crippen molar-refractivity contribution in [3.8, 4) is 11.8 Å². The second-order valence-electron chi connectivity index (χ2n) is 4.03. The van der Waals surface area contributed by atoms with Crippen molar-refractivity contribution in [2.45, 2.75) is 20.5 Å². The van der Waals surface area contributed by atoms with Crippen molar-refractivity contribution < 1.29 is 9.15 Å². The molecule has 0 saturated carbocycles. The van der Waals surface area contributed by atoms with Crippen LogP contribution in [0.4, 0.5) is 5.88 Å². The number of nitriles is 1. The van der Waals surface area contributed by atoms with Crippen LogP contribution < -0.4 is 10.1 Å². The van der Waals surface area contributed by atoms with Gasteiger partial charge in [-0.3, -0.25) is 0 Å². The van der Waals surface area contributed by atoms with Gasteiger partial charge in [0.05, 0.1) is 0 Å². The van der Waals surface area contributed by atoms with E-state index in [-0.39, 0.29) is 12.3 Å². The van der Waals surface area contributed by atoms with Crippen LogP contribution in [0.15, 0.2) is 28.7 Å². The summed E-state index contributed by atoms with van der Waals surface area (Å²) in [5.74, 6) is 1.52. The van der Waals surface area contributed by atoms with Gasteiger partial charge in [0.25, 0.3) is 0 Å². The molecule has 0 spiro atoms. The molecule has 5 heteroatoms. The number of aryl methyl sites for hydroxylation is 1. The zero-order valence-corrected chi connectivity index (χ0v) is 10.9. The van der Waals surface area contributed by atoms with Crippen molar-refractivity contribution in [2.24, 2.45) is 0 Å². The third kappa shape index (κ3) is 3.26. The van der Waals surface area contributed by atoms with Crippen LogP contribution in [0.1, 0.15) is 24.1 Å². The Labute approximate surface area is 111 Å². The molecule has 0 radical (unpaired) electrons. The molecule has 19 heavy (non-hydrogen) atoms. The third-order valence-electron chi connectivity index (χ3n) is 2.50. The summed E-state index contributed by atoms with van der Waals surface area (Å²) < 4.78 is 11.0. The zero-order chi connectivity index (χ0) is 13.7. The van der Waals surface area contributed by atoms with E-state index < -0.39 is 0 Å². The highest BCUT2D eigenvalue weighted by Gasteiger charge is 2.12. The lowest BCUT2D eigenvalue weighted by atomic mass is 10.2. The van der Waals surface area contributed by atoms with Crippen LogP contribution in [-0.4, -0.2) is 11.5 Å².